The van der Waals surface area contributed by atoms with Crippen LogP contribution in [-0.2, 0) is 17.8 Å². The summed E-state index contributed by atoms with van der Waals surface area (Å²) >= 11 is 0. The number of aryl methyl sites for hydroxylation is 1. The summed E-state index contributed by atoms with van der Waals surface area (Å²) in [5.74, 6) is -1.34. The Hall–Kier alpha value is -2.42. The topological polar surface area (TPSA) is 66.6 Å². The first-order valence-corrected chi connectivity index (χ1v) is 8.82. The van der Waals surface area contributed by atoms with Crippen molar-refractivity contribution in [3.8, 4) is 0 Å². The Morgan fingerprint density at radius 1 is 1.25 bits per heavy atom. The molecule has 1 fully saturated rings. The number of alkyl halides is 3. The van der Waals surface area contributed by atoms with Crippen LogP contribution in [0.5, 0.6) is 0 Å². The Labute approximate surface area is 159 Å². The Balaban J connectivity index is 0.000000345. The maximum absolute atomic E-state index is 12.9. The molecule has 1 aliphatic heterocycles. The van der Waals surface area contributed by atoms with Crippen molar-refractivity contribution >= 4 is 5.97 Å². The van der Waals surface area contributed by atoms with Gasteiger partial charge in [0, 0.05) is 12.6 Å². The minimum atomic E-state index is -5.08. The number of halogens is 4. The first kappa shape index (κ1) is 21.9. The number of carboxylic acid groups (broad SMARTS) is 1. The molecule has 28 heavy (non-hydrogen) atoms. The summed E-state index contributed by atoms with van der Waals surface area (Å²) in [6.45, 7) is 4.99. The normalized spacial score (nSPS) is 15.8. The van der Waals surface area contributed by atoms with Gasteiger partial charge in [0.25, 0.3) is 0 Å². The zero-order chi connectivity index (χ0) is 20.7. The van der Waals surface area contributed by atoms with Gasteiger partial charge in [-0.3, -0.25) is 4.90 Å². The SMILES string of the molecule is Cc1cc(CN2CCC(Cc3ccc(F)cc3)CC2)no1.O=C(O)C(F)(F)F. The highest BCUT2D eigenvalue weighted by molar-refractivity contribution is 5.73. The van der Waals surface area contributed by atoms with E-state index in [4.69, 9.17) is 14.4 Å². The highest BCUT2D eigenvalue weighted by Gasteiger charge is 2.38. The van der Waals surface area contributed by atoms with Crippen LogP contribution in [0.2, 0.25) is 0 Å². The molecule has 9 heteroatoms. The van der Waals surface area contributed by atoms with E-state index in [-0.39, 0.29) is 5.82 Å². The quantitative estimate of drug-likeness (QED) is 0.776. The summed E-state index contributed by atoms with van der Waals surface area (Å²) in [6.07, 6.45) is -1.65. The number of hydrogen-bond acceptors (Lipinski definition) is 4. The smallest absolute Gasteiger partial charge is 0.475 e. The predicted octanol–water partition coefficient (Wildman–Crippen LogP) is 4.21. The van der Waals surface area contributed by atoms with Crippen molar-refractivity contribution in [2.75, 3.05) is 13.1 Å². The number of nitrogens with zero attached hydrogens (tertiary/aromatic N) is 2. The average Bonchev–Trinajstić information content (AvgIpc) is 3.03. The molecule has 0 atom stereocenters. The van der Waals surface area contributed by atoms with Crippen LogP contribution >= 0.6 is 0 Å². The molecule has 1 N–H and O–H groups in total. The lowest BCUT2D eigenvalue weighted by atomic mass is 9.90. The third-order valence-electron chi connectivity index (χ3n) is 4.45. The predicted molar refractivity (Wildman–Crippen MR) is 93.0 cm³/mol. The fourth-order valence-corrected chi connectivity index (χ4v) is 3.02. The molecule has 0 radical (unpaired) electrons. The molecule has 154 valence electrons. The van der Waals surface area contributed by atoms with E-state index in [1.54, 1.807) is 12.1 Å². The first-order chi connectivity index (χ1) is 13.1. The van der Waals surface area contributed by atoms with Crippen molar-refractivity contribution in [1.82, 2.24) is 10.1 Å². The summed E-state index contributed by atoms with van der Waals surface area (Å²) in [5.41, 5.74) is 2.26. The van der Waals surface area contributed by atoms with Crippen molar-refractivity contribution in [2.24, 2.45) is 5.92 Å². The number of aliphatic carboxylic acids is 1. The number of benzene rings is 1. The molecule has 0 saturated carbocycles. The van der Waals surface area contributed by atoms with E-state index in [0.29, 0.717) is 5.92 Å². The van der Waals surface area contributed by atoms with Gasteiger partial charge in [-0.25, -0.2) is 9.18 Å². The molecule has 1 aromatic carbocycles. The second kappa shape index (κ2) is 9.68. The lowest BCUT2D eigenvalue weighted by Crippen LogP contribution is -2.33. The monoisotopic (exact) mass is 402 g/mol. The van der Waals surface area contributed by atoms with Crippen LogP contribution in [0.3, 0.4) is 0 Å². The van der Waals surface area contributed by atoms with Gasteiger partial charge in [-0.2, -0.15) is 13.2 Å². The van der Waals surface area contributed by atoms with Crippen LogP contribution in [0.1, 0.15) is 29.9 Å². The molecule has 0 aliphatic carbocycles. The number of hydrogen-bond donors (Lipinski definition) is 1. The molecular formula is C19H22F4N2O3. The summed E-state index contributed by atoms with van der Waals surface area (Å²) in [5, 5.41) is 11.2. The molecule has 0 amide bonds. The van der Waals surface area contributed by atoms with Crippen molar-refractivity contribution in [2.45, 2.75) is 38.9 Å². The molecule has 0 spiro atoms. The lowest BCUT2D eigenvalue weighted by molar-refractivity contribution is -0.192. The Morgan fingerprint density at radius 3 is 2.29 bits per heavy atom. The van der Waals surface area contributed by atoms with Gasteiger partial charge in [0.05, 0.1) is 5.69 Å². The number of carbonyl (C=O) groups is 1. The fraction of sp³-hybridized carbons (Fsp3) is 0.474. The van der Waals surface area contributed by atoms with Gasteiger partial charge >= 0.3 is 12.1 Å². The van der Waals surface area contributed by atoms with Crippen LogP contribution in [0.4, 0.5) is 17.6 Å². The largest absolute Gasteiger partial charge is 0.490 e. The van der Waals surface area contributed by atoms with Crippen LogP contribution in [-0.4, -0.2) is 40.4 Å². The Kier molecular flexibility index (Phi) is 7.56. The van der Waals surface area contributed by atoms with Crippen LogP contribution in [0.25, 0.3) is 0 Å². The highest BCUT2D eigenvalue weighted by atomic mass is 19.4. The molecule has 0 bridgehead atoms. The minimum absolute atomic E-state index is 0.156. The van der Waals surface area contributed by atoms with Crippen molar-refractivity contribution in [3.63, 3.8) is 0 Å². The van der Waals surface area contributed by atoms with Gasteiger partial charge in [-0.1, -0.05) is 17.3 Å². The number of piperidine rings is 1. The molecule has 5 nitrogen and oxygen atoms in total. The lowest BCUT2D eigenvalue weighted by Gasteiger charge is -2.31. The minimum Gasteiger partial charge on any atom is -0.475 e. The van der Waals surface area contributed by atoms with E-state index < -0.39 is 12.1 Å². The van der Waals surface area contributed by atoms with E-state index in [1.165, 1.54) is 18.4 Å². The second-order valence-corrected chi connectivity index (χ2v) is 6.78. The summed E-state index contributed by atoms with van der Waals surface area (Å²) in [4.78, 5) is 11.3. The zero-order valence-electron chi connectivity index (χ0n) is 15.4. The fourth-order valence-electron chi connectivity index (χ4n) is 3.02. The second-order valence-electron chi connectivity index (χ2n) is 6.78. The van der Waals surface area contributed by atoms with E-state index >= 15 is 0 Å². The molecule has 1 aliphatic rings. The van der Waals surface area contributed by atoms with Gasteiger partial charge in [0.2, 0.25) is 0 Å². The molecule has 2 aromatic rings. The number of aromatic nitrogens is 1. The number of rotatable bonds is 4. The molecule has 2 heterocycles. The van der Waals surface area contributed by atoms with Gasteiger partial charge in [0.15, 0.2) is 0 Å². The zero-order valence-corrected chi connectivity index (χ0v) is 15.4. The summed E-state index contributed by atoms with van der Waals surface area (Å²) in [7, 11) is 0. The third-order valence-corrected chi connectivity index (χ3v) is 4.45. The number of carboxylic acids is 1. The Bertz CT molecular complexity index is 751. The highest BCUT2D eigenvalue weighted by Crippen LogP contribution is 2.23. The summed E-state index contributed by atoms with van der Waals surface area (Å²) < 4.78 is 49.7. The average molecular weight is 402 g/mol. The van der Waals surface area contributed by atoms with Crippen LogP contribution in [0, 0.1) is 18.7 Å². The third kappa shape index (κ3) is 7.30. The van der Waals surface area contributed by atoms with Crippen molar-refractivity contribution < 1.29 is 32.0 Å². The summed E-state index contributed by atoms with van der Waals surface area (Å²) in [6, 6.07) is 8.92. The van der Waals surface area contributed by atoms with Crippen molar-refractivity contribution in [1.29, 1.82) is 0 Å². The van der Waals surface area contributed by atoms with E-state index in [9.17, 15) is 17.6 Å². The molecule has 3 rings (SSSR count). The number of likely N-dealkylation sites (tertiary alicyclic amines) is 1. The molecule has 0 unspecified atom stereocenters. The molecule has 1 aromatic heterocycles. The van der Waals surface area contributed by atoms with Gasteiger partial charge in [-0.05, 0) is 62.9 Å². The van der Waals surface area contributed by atoms with E-state index in [2.05, 4.69) is 10.1 Å². The molecule has 1 saturated heterocycles. The standard InChI is InChI=1S/C17H21FN2O.C2HF3O2/c1-13-10-17(19-21-13)12-20-8-6-15(7-9-20)11-14-2-4-16(18)5-3-14;3-2(4,5)1(6)7/h2-5,10,15H,6-9,11-12H2,1H3;(H,6,7). The van der Waals surface area contributed by atoms with Gasteiger partial charge in [0.1, 0.15) is 11.6 Å². The first-order valence-electron chi connectivity index (χ1n) is 8.82. The maximum Gasteiger partial charge on any atom is 0.490 e. The van der Waals surface area contributed by atoms with Crippen LogP contribution in [0.15, 0.2) is 34.9 Å². The molecular weight excluding hydrogens is 380 g/mol. The van der Waals surface area contributed by atoms with Gasteiger partial charge in [-0.15, -0.1) is 0 Å². The Morgan fingerprint density at radius 2 is 1.82 bits per heavy atom. The van der Waals surface area contributed by atoms with E-state index in [1.807, 2.05) is 25.1 Å². The van der Waals surface area contributed by atoms with Gasteiger partial charge < -0.3 is 9.63 Å². The maximum atomic E-state index is 12.9. The van der Waals surface area contributed by atoms with Crippen LogP contribution < -0.4 is 0 Å². The van der Waals surface area contributed by atoms with Crippen molar-refractivity contribution in [3.05, 3.63) is 53.2 Å². The van der Waals surface area contributed by atoms with E-state index in [0.717, 1.165) is 37.5 Å².